The molecule has 19 heavy (non-hydrogen) atoms. The third-order valence-electron chi connectivity index (χ3n) is 2.36. The van der Waals surface area contributed by atoms with E-state index in [-0.39, 0.29) is 6.42 Å². The Morgan fingerprint density at radius 2 is 2.00 bits per heavy atom. The van der Waals surface area contributed by atoms with Crippen LogP contribution in [0, 0.1) is 0 Å². The Bertz CT molecular complexity index is 476. The molecule has 0 aromatic rings. The van der Waals surface area contributed by atoms with Crippen LogP contribution in [0.3, 0.4) is 0 Å². The molecule has 2 N–H and O–H groups in total. The lowest BCUT2D eigenvalue weighted by Gasteiger charge is -2.32. The van der Waals surface area contributed by atoms with Gasteiger partial charge < -0.3 is 0 Å². The van der Waals surface area contributed by atoms with Crippen LogP contribution in [0.2, 0.25) is 0 Å². The minimum Gasteiger partial charge on any atom is -0.294 e. The maximum absolute atomic E-state index is 12.0. The molecule has 1 atom stereocenters. The predicted molar refractivity (Wildman–Crippen MR) is 56.9 cm³/mol. The number of alkyl halides is 3. The summed E-state index contributed by atoms with van der Waals surface area (Å²) in [5, 5.41) is 1.92. The Kier molecular flexibility index (Phi) is 4.53. The van der Waals surface area contributed by atoms with E-state index in [0.717, 1.165) is 0 Å². The summed E-state index contributed by atoms with van der Waals surface area (Å²) in [4.78, 5) is 22.5. The number of nitrogens with one attached hydrogen (secondary N) is 2. The fourth-order valence-corrected chi connectivity index (χ4v) is 2.92. The molecule has 1 fully saturated rings. The fourth-order valence-electron chi connectivity index (χ4n) is 1.54. The first kappa shape index (κ1) is 15.9. The first-order valence-electron chi connectivity index (χ1n) is 5.23. The van der Waals surface area contributed by atoms with E-state index in [2.05, 4.69) is 0 Å². The second-order valence-corrected chi connectivity index (χ2v) is 5.53. The minimum atomic E-state index is -4.73. The first-order chi connectivity index (χ1) is 8.57. The Balaban J connectivity index is 2.90. The highest BCUT2D eigenvalue weighted by Crippen LogP contribution is 2.16. The van der Waals surface area contributed by atoms with Crippen LogP contribution in [0.15, 0.2) is 0 Å². The molecule has 0 aromatic carbocycles. The molecule has 0 aromatic heterocycles. The van der Waals surface area contributed by atoms with Gasteiger partial charge in [-0.3, -0.25) is 14.9 Å². The fraction of sp³-hybridized carbons (Fsp3) is 0.750. The molecule has 0 radical (unpaired) electrons. The van der Waals surface area contributed by atoms with Gasteiger partial charge in [-0.1, -0.05) is 6.92 Å². The molecule has 110 valence electrons. The van der Waals surface area contributed by atoms with Crippen molar-refractivity contribution in [3.63, 3.8) is 0 Å². The summed E-state index contributed by atoms with van der Waals surface area (Å²) in [6.07, 6.45) is -4.69. The Morgan fingerprint density at radius 1 is 1.42 bits per heavy atom. The van der Waals surface area contributed by atoms with Crippen LogP contribution in [-0.2, 0) is 19.8 Å². The van der Waals surface area contributed by atoms with Crippen LogP contribution in [0.25, 0.3) is 0 Å². The zero-order valence-corrected chi connectivity index (χ0v) is 10.6. The number of hydrogen-bond donors (Lipinski definition) is 2. The number of carbonyl (C=O) groups is 2. The van der Waals surface area contributed by atoms with Crippen LogP contribution in [-0.4, -0.2) is 49.8 Å². The molecule has 0 saturated carbocycles. The average molecular weight is 303 g/mol. The number of nitrogens with zero attached hydrogens (tertiary/aromatic N) is 1. The van der Waals surface area contributed by atoms with Crippen LogP contribution in [0.1, 0.15) is 13.3 Å². The van der Waals surface area contributed by atoms with E-state index in [1.54, 1.807) is 0 Å². The summed E-state index contributed by atoms with van der Waals surface area (Å²) in [5.41, 5.74) is 0. The van der Waals surface area contributed by atoms with Crippen molar-refractivity contribution in [1.82, 2.24) is 14.3 Å². The second kappa shape index (κ2) is 5.43. The summed E-state index contributed by atoms with van der Waals surface area (Å²) >= 11 is 0. The predicted octanol–water partition coefficient (Wildman–Crippen LogP) is -0.880. The summed E-state index contributed by atoms with van der Waals surface area (Å²) in [7, 11) is -4.56. The van der Waals surface area contributed by atoms with Gasteiger partial charge in [0, 0.05) is 0 Å². The largest absolute Gasteiger partial charge is 0.402 e. The topological polar surface area (TPSA) is 95.6 Å². The molecule has 1 saturated heterocycles. The number of hydrogen-bond acceptors (Lipinski definition) is 4. The highest BCUT2D eigenvalue weighted by atomic mass is 32.2. The van der Waals surface area contributed by atoms with Crippen molar-refractivity contribution < 1.29 is 31.2 Å². The van der Waals surface area contributed by atoms with E-state index in [4.69, 9.17) is 0 Å². The van der Waals surface area contributed by atoms with Gasteiger partial charge in [0.15, 0.2) is 0 Å². The molecular weight excluding hydrogens is 291 g/mol. The normalized spacial score (nSPS) is 22.4. The standard InChI is InChI=1S/C8H12F3N3O4S/c1-2-5-7(16)13-6(15)3-14(5)19(17,18)12-4-8(9,10)11/h5,12H,2-4H2,1H3,(H,13,15,16). The minimum absolute atomic E-state index is 0.0338. The molecular formula is C8H12F3N3O4S. The van der Waals surface area contributed by atoms with E-state index in [1.807, 2.05) is 5.32 Å². The van der Waals surface area contributed by atoms with Gasteiger partial charge >= 0.3 is 6.18 Å². The Labute approximate surface area is 107 Å². The summed E-state index contributed by atoms with van der Waals surface area (Å²) in [6.45, 7) is -0.984. The van der Waals surface area contributed by atoms with Gasteiger partial charge in [0.1, 0.15) is 12.6 Å². The molecule has 1 unspecified atom stereocenters. The maximum Gasteiger partial charge on any atom is 0.402 e. The molecule has 1 aliphatic heterocycles. The van der Waals surface area contributed by atoms with Crippen molar-refractivity contribution in [2.45, 2.75) is 25.6 Å². The molecule has 1 rings (SSSR count). The molecule has 7 nitrogen and oxygen atoms in total. The molecule has 1 aliphatic rings. The summed E-state index contributed by atoms with van der Waals surface area (Å²) < 4.78 is 61.1. The molecule has 2 amide bonds. The number of rotatable bonds is 4. The lowest BCUT2D eigenvalue weighted by atomic mass is 10.2. The molecule has 1 heterocycles. The number of carbonyl (C=O) groups excluding carboxylic acids is 2. The molecule has 11 heteroatoms. The van der Waals surface area contributed by atoms with Gasteiger partial charge in [0.2, 0.25) is 11.8 Å². The number of piperazine rings is 1. The Morgan fingerprint density at radius 3 is 2.47 bits per heavy atom. The van der Waals surface area contributed by atoms with Crippen molar-refractivity contribution >= 4 is 22.0 Å². The molecule has 0 aliphatic carbocycles. The first-order valence-corrected chi connectivity index (χ1v) is 6.67. The van der Waals surface area contributed by atoms with Gasteiger partial charge in [-0.25, -0.2) is 0 Å². The van der Waals surface area contributed by atoms with Crippen molar-refractivity contribution in [3.05, 3.63) is 0 Å². The highest BCUT2D eigenvalue weighted by molar-refractivity contribution is 7.87. The van der Waals surface area contributed by atoms with Gasteiger partial charge in [-0.15, -0.1) is 0 Å². The van der Waals surface area contributed by atoms with Gasteiger partial charge in [0.25, 0.3) is 10.2 Å². The number of imide groups is 1. The zero-order chi connectivity index (χ0) is 14.8. The van der Waals surface area contributed by atoms with Gasteiger partial charge in [0.05, 0.1) is 6.54 Å². The lowest BCUT2D eigenvalue weighted by molar-refractivity contribution is -0.137. The van der Waals surface area contributed by atoms with E-state index in [9.17, 15) is 31.2 Å². The van der Waals surface area contributed by atoms with Crippen LogP contribution in [0.5, 0.6) is 0 Å². The van der Waals surface area contributed by atoms with E-state index in [1.165, 1.54) is 11.6 Å². The van der Waals surface area contributed by atoms with Crippen molar-refractivity contribution in [2.75, 3.05) is 13.1 Å². The molecule has 0 bridgehead atoms. The quantitative estimate of drug-likeness (QED) is 0.659. The summed E-state index contributed by atoms with van der Waals surface area (Å²) in [5.74, 6) is -1.73. The molecule has 0 spiro atoms. The smallest absolute Gasteiger partial charge is 0.294 e. The van der Waals surface area contributed by atoms with Crippen LogP contribution < -0.4 is 10.0 Å². The van der Waals surface area contributed by atoms with Gasteiger partial charge in [-0.05, 0) is 6.42 Å². The zero-order valence-electron chi connectivity index (χ0n) is 9.82. The van der Waals surface area contributed by atoms with Gasteiger partial charge in [-0.2, -0.15) is 30.6 Å². The average Bonchev–Trinajstić information content (AvgIpc) is 2.25. The van der Waals surface area contributed by atoms with Crippen LogP contribution in [0.4, 0.5) is 13.2 Å². The van der Waals surface area contributed by atoms with Crippen molar-refractivity contribution in [2.24, 2.45) is 0 Å². The Hall–Kier alpha value is -1.20. The van der Waals surface area contributed by atoms with Crippen molar-refractivity contribution in [3.8, 4) is 0 Å². The van der Waals surface area contributed by atoms with Crippen LogP contribution >= 0.6 is 0 Å². The third kappa shape index (κ3) is 4.14. The van der Waals surface area contributed by atoms with E-state index >= 15 is 0 Å². The monoisotopic (exact) mass is 303 g/mol. The number of amides is 2. The SMILES string of the molecule is CCC1C(=O)NC(=O)CN1S(=O)(=O)NCC(F)(F)F. The third-order valence-corrected chi connectivity index (χ3v) is 3.87. The van der Waals surface area contributed by atoms with E-state index < -0.39 is 47.3 Å². The van der Waals surface area contributed by atoms with E-state index in [0.29, 0.717) is 4.31 Å². The lowest BCUT2D eigenvalue weighted by Crippen LogP contribution is -2.61. The summed E-state index contributed by atoms with van der Waals surface area (Å²) in [6, 6.07) is -1.21. The number of halogens is 3. The maximum atomic E-state index is 12.0. The highest BCUT2D eigenvalue weighted by Gasteiger charge is 2.41. The van der Waals surface area contributed by atoms with Crippen molar-refractivity contribution in [1.29, 1.82) is 0 Å². The second-order valence-electron chi connectivity index (χ2n) is 3.82.